The van der Waals surface area contributed by atoms with Crippen LogP contribution in [-0.4, -0.2) is 32.3 Å². The molecule has 2 N–H and O–H groups in total. The first-order valence-electron chi connectivity index (χ1n) is 5.80. The lowest BCUT2D eigenvalue weighted by atomic mass is 10.0. The molecule has 0 radical (unpaired) electrons. The molecule has 0 aliphatic carbocycles. The summed E-state index contributed by atoms with van der Waals surface area (Å²) >= 11 is 0. The Bertz CT molecular complexity index is 342. The van der Waals surface area contributed by atoms with E-state index in [9.17, 15) is 4.39 Å². The van der Waals surface area contributed by atoms with E-state index in [1.807, 2.05) is 25.8 Å². The molecule has 0 heterocycles. The van der Waals surface area contributed by atoms with E-state index in [2.05, 4.69) is 0 Å². The maximum Gasteiger partial charge on any atom is 0.123 e. The first kappa shape index (κ1) is 13.9. The van der Waals surface area contributed by atoms with Gasteiger partial charge < -0.3 is 15.4 Å². The molecule has 4 heteroatoms. The van der Waals surface area contributed by atoms with Crippen LogP contribution in [0.2, 0.25) is 0 Å². The van der Waals surface area contributed by atoms with Crippen LogP contribution in [0.25, 0.3) is 0 Å². The van der Waals surface area contributed by atoms with Crippen LogP contribution in [0.1, 0.15) is 13.8 Å². The number of hydrogen-bond donors (Lipinski definition) is 1. The maximum absolute atomic E-state index is 12.9. The molecule has 3 nitrogen and oxygen atoms in total. The minimum atomic E-state index is -0.284. The first-order chi connectivity index (χ1) is 8.03. The highest BCUT2D eigenvalue weighted by Gasteiger charge is 2.28. The molecule has 1 aromatic carbocycles. The average Bonchev–Trinajstić information content (AvgIpc) is 2.36. The molecular formula is C13H21FN2O. The van der Waals surface area contributed by atoms with Crippen molar-refractivity contribution >= 4 is 5.69 Å². The van der Waals surface area contributed by atoms with Gasteiger partial charge in [0.05, 0.1) is 12.1 Å². The Kier molecular flexibility index (Phi) is 4.90. The van der Waals surface area contributed by atoms with Crippen LogP contribution < -0.4 is 10.6 Å². The molecule has 0 amide bonds. The van der Waals surface area contributed by atoms with Gasteiger partial charge in [0.2, 0.25) is 0 Å². The van der Waals surface area contributed by atoms with Gasteiger partial charge in [-0.2, -0.15) is 0 Å². The summed E-state index contributed by atoms with van der Waals surface area (Å²) in [5, 5.41) is 0. The Labute approximate surface area is 102 Å². The van der Waals surface area contributed by atoms with Crippen molar-refractivity contribution in [2.24, 2.45) is 5.73 Å². The van der Waals surface area contributed by atoms with E-state index in [1.165, 1.54) is 12.1 Å². The first-order valence-corrected chi connectivity index (χ1v) is 5.80. The second-order valence-electron chi connectivity index (χ2n) is 4.37. The number of nitrogens with zero attached hydrogens (tertiary/aromatic N) is 1. The fraction of sp³-hybridized carbons (Fsp3) is 0.538. The fourth-order valence-electron chi connectivity index (χ4n) is 1.59. The number of ether oxygens (including phenoxy) is 1. The second kappa shape index (κ2) is 5.98. The number of hydrogen-bond acceptors (Lipinski definition) is 3. The quantitative estimate of drug-likeness (QED) is 0.826. The van der Waals surface area contributed by atoms with Crippen molar-refractivity contribution in [1.82, 2.24) is 0 Å². The number of rotatable bonds is 6. The van der Waals surface area contributed by atoms with Crippen LogP contribution >= 0.6 is 0 Å². The van der Waals surface area contributed by atoms with Gasteiger partial charge >= 0.3 is 0 Å². The topological polar surface area (TPSA) is 38.5 Å². The van der Waals surface area contributed by atoms with Crippen molar-refractivity contribution in [3.63, 3.8) is 0 Å². The summed E-state index contributed by atoms with van der Waals surface area (Å²) in [6.07, 6.45) is 0. The standard InChI is InChI=1S/C13H21FN2O/c1-4-17-10-13(2,9-15)16(3)12-7-5-11(14)6-8-12/h5-8H,4,9-10,15H2,1-3H3. The van der Waals surface area contributed by atoms with Crippen molar-refractivity contribution in [3.05, 3.63) is 30.1 Å². The van der Waals surface area contributed by atoms with Gasteiger partial charge in [0.25, 0.3) is 0 Å². The SMILES string of the molecule is CCOCC(C)(CN)N(C)c1ccc(F)cc1. The molecule has 0 bridgehead atoms. The molecule has 1 atom stereocenters. The van der Waals surface area contributed by atoms with Gasteiger partial charge in [-0.3, -0.25) is 0 Å². The predicted molar refractivity (Wildman–Crippen MR) is 68.8 cm³/mol. The Morgan fingerprint density at radius 2 is 1.94 bits per heavy atom. The van der Waals surface area contributed by atoms with E-state index < -0.39 is 0 Å². The molecule has 96 valence electrons. The molecule has 0 fully saturated rings. The van der Waals surface area contributed by atoms with Crippen LogP contribution in [0, 0.1) is 5.82 Å². The summed E-state index contributed by atoms with van der Waals surface area (Å²) in [6, 6.07) is 6.39. The Morgan fingerprint density at radius 1 is 1.35 bits per heavy atom. The van der Waals surface area contributed by atoms with Crippen LogP contribution in [0.5, 0.6) is 0 Å². The lowest BCUT2D eigenvalue weighted by Crippen LogP contribution is -2.53. The zero-order valence-corrected chi connectivity index (χ0v) is 10.7. The normalized spacial score (nSPS) is 14.4. The predicted octanol–water partition coefficient (Wildman–Crippen LogP) is 2.02. The minimum Gasteiger partial charge on any atom is -0.379 e. The summed E-state index contributed by atoms with van der Waals surface area (Å²) in [4.78, 5) is 2.03. The molecule has 0 aliphatic heterocycles. The summed E-state index contributed by atoms with van der Waals surface area (Å²) in [6.45, 7) is 5.67. The van der Waals surface area contributed by atoms with Gasteiger partial charge in [-0.25, -0.2) is 4.39 Å². The van der Waals surface area contributed by atoms with Crippen LogP contribution in [0.3, 0.4) is 0 Å². The van der Waals surface area contributed by atoms with Crippen LogP contribution in [0.15, 0.2) is 24.3 Å². The van der Waals surface area contributed by atoms with E-state index >= 15 is 0 Å². The third-order valence-corrected chi connectivity index (χ3v) is 3.08. The van der Waals surface area contributed by atoms with E-state index in [0.29, 0.717) is 19.8 Å². The number of nitrogens with two attached hydrogens (primary N) is 1. The highest BCUT2D eigenvalue weighted by atomic mass is 19.1. The van der Waals surface area contributed by atoms with Gasteiger partial charge in [0.15, 0.2) is 0 Å². The number of likely N-dealkylation sites (N-methyl/N-ethyl adjacent to an activating group) is 1. The summed E-state index contributed by atoms with van der Waals surface area (Å²) in [5.41, 5.74) is 6.47. The number of anilines is 1. The molecule has 1 rings (SSSR count). The zero-order valence-electron chi connectivity index (χ0n) is 10.7. The molecule has 0 saturated carbocycles. The molecule has 1 unspecified atom stereocenters. The summed E-state index contributed by atoms with van der Waals surface area (Å²) in [5.74, 6) is -0.235. The minimum absolute atomic E-state index is 0.235. The van der Waals surface area contributed by atoms with E-state index in [1.54, 1.807) is 12.1 Å². The maximum atomic E-state index is 12.9. The van der Waals surface area contributed by atoms with E-state index in [-0.39, 0.29) is 11.4 Å². The van der Waals surface area contributed by atoms with Crippen LogP contribution in [0.4, 0.5) is 10.1 Å². The third-order valence-electron chi connectivity index (χ3n) is 3.08. The summed E-state index contributed by atoms with van der Waals surface area (Å²) < 4.78 is 18.3. The van der Waals surface area contributed by atoms with Gasteiger partial charge in [0.1, 0.15) is 5.82 Å². The van der Waals surface area contributed by atoms with E-state index in [0.717, 1.165) is 5.69 Å². The Balaban J connectivity index is 2.84. The molecule has 0 spiro atoms. The lowest BCUT2D eigenvalue weighted by molar-refractivity contribution is 0.102. The van der Waals surface area contributed by atoms with Gasteiger partial charge in [-0.1, -0.05) is 0 Å². The monoisotopic (exact) mass is 240 g/mol. The average molecular weight is 240 g/mol. The van der Waals surface area contributed by atoms with Crippen molar-refractivity contribution in [2.45, 2.75) is 19.4 Å². The zero-order chi connectivity index (χ0) is 12.9. The largest absolute Gasteiger partial charge is 0.379 e. The molecule has 0 aromatic heterocycles. The highest BCUT2D eigenvalue weighted by molar-refractivity contribution is 5.48. The van der Waals surface area contributed by atoms with Crippen LogP contribution in [-0.2, 0) is 4.74 Å². The molecule has 0 aliphatic rings. The van der Waals surface area contributed by atoms with Crippen molar-refractivity contribution in [2.75, 3.05) is 31.7 Å². The van der Waals surface area contributed by atoms with Crippen molar-refractivity contribution in [3.8, 4) is 0 Å². The third kappa shape index (κ3) is 3.41. The fourth-order valence-corrected chi connectivity index (χ4v) is 1.59. The second-order valence-corrected chi connectivity index (χ2v) is 4.37. The highest BCUT2D eigenvalue weighted by Crippen LogP contribution is 2.22. The molecule has 17 heavy (non-hydrogen) atoms. The lowest BCUT2D eigenvalue weighted by Gasteiger charge is -2.39. The molecule has 0 saturated heterocycles. The smallest absolute Gasteiger partial charge is 0.123 e. The van der Waals surface area contributed by atoms with Gasteiger partial charge in [-0.05, 0) is 38.1 Å². The number of benzene rings is 1. The summed E-state index contributed by atoms with van der Waals surface area (Å²) in [7, 11) is 1.94. The molecular weight excluding hydrogens is 219 g/mol. The Morgan fingerprint density at radius 3 is 2.41 bits per heavy atom. The molecule has 1 aromatic rings. The Hall–Kier alpha value is -1.13. The van der Waals surface area contributed by atoms with Gasteiger partial charge in [-0.15, -0.1) is 0 Å². The van der Waals surface area contributed by atoms with Crippen molar-refractivity contribution < 1.29 is 9.13 Å². The van der Waals surface area contributed by atoms with Gasteiger partial charge in [0, 0.05) is 25.9 Å². The number of halogens is 1. The van der Waals surface area contributed by atoms with E-state index in [4.69, 9.17) is 10.5 Å². The van der Waals surface area contributed by atoms with Crippen molar-refractivity contribution in [1.29, 1.82) is 0 Å².